The number of nitrogens with one attached hydrogen (secondary N) is 1. The third-order valence-corrected chi connectivity index (χ3v) is 3.40. The molecule has 0 saturated heterocycles. The van der Waals surface area contributed by atoms with Gasteiger partial charge in [-0.1, -0.05) is 46.8 Å². The Hall–Kier alpha value is -3.81. The Bertz CT molecular complexity index is 994. The largest absolute Gasteiger partial charge is 0.328 e. The highest BCUT2D eigenvalue weighted by molar-refractivity contribution is 6.01. The molecule has 8 nitrogen and oxygen atoms in total. The van der Waals surface area contributed by atoms with Gasteiger partial charge in [-0.2, -0.15) is 4.98 Å². The van der Waals surface area contributed by atoms with E-state index in [0.29, 0.717) is 11.4 Å². The van der Waals surface area contributed by atoms with Gasteiger partial charge in [0, 0.05) is 5.69 Å². The van der Waals surface area contributed by atoms with Crippen LogP contribution in [0.15, 0.2) is 71.4 Å². The maximum atomic E-state index is 12.1. The van der Waals surface area contributed by atoms with Crippen LogP contribution < -0.4 is 5.32 Å². The van der Waals surface area contributed by atoms with Gasteiger partial charge in [-0.25, -0.2) is 4.68 Å². The zero-order valence-corrected chi connectivity index (χ0v) is 12.9. The van der Waals surface area contributed by atoms with E-state index in [2.05, 4.69) is 25.8 Å². The maximum absolute atomic E-state index is 12.1. The van der Waals surface area contributed by atoms with Crippen LogP contribution in [-0.4, -0.2) is 31.0 Å². The second kappa shape index (κ2) is 6.36. The molecular weight excluding hydrogens is 320 g/mol. The van der Waals surface area contributed by atoms with E-state index in [1.807, 2.05) is 48.5 Å². The average molecular weight is 332 g/mol. The number of benzene rings is 2. The van der Waals surface area contributed by atoms with Crippen molar-refractivity contribution in [2.75, 3.05) is 5.32 Å². The summed E-state index contributed by atoms with van der Waals surface area (Å²) in [4.78, 5) is 16.2. The van der Waals surface area contributed by atoms with Crippen molar-refractivity contribution >= 4 is 11.6 Å². The minimum Gasteiger partial charge on any atom is -0.328 e. The molecule has 0 aliphatic rings. The smallest absolute Gasteiger partial charge is 0.316 e. The number of amides is 1. The Morgan fingerprint density at radius 2 is 1.72 bits per heavy atom. The zero-order chi connectivity index (χ0) is 17.1. The van der Waals surface area contributed by atoms with Gasteiger partial charge in [-0.3, -0.25) is 4.79 Å². The first kappa shape index (κ1) is 14.8. The van der Waals surface area contributed by atoms with Crippen LogP contribution in [0.1, 0.15) is 10.7 Å². The first-order valence-electron chi connectivity index (χ1n) is 7.48. The first-order chi connectivity index (χ1) is 12.3. The summed E-state index contributed by atoms with van der Waals surface area (Å²) in [5, 5.41) is 14.5. The molecule has 122 valence electrons. The zero-order valence-electron chi connectivity index (χ0n) is 12.9. The summed E-state index contributed by atoms with van der Waals surface area (Å²) in [6.45, 7) is 0. The number of carbonyl (C=O) groups is 1. The van der Waals surface area contributed by atoms with Crippen molar-refractivity contribution in [3.63, 3.8) is 0 Å². The van der Waals surface area contributed by atoms with Crippen LogP contribution >= 0.6 is 0 Å². The van der Waals surface area contributed by atoms with Crippen molar-refractivity contribution in [3.05, 3.63) is 72.8 Å². The van der Waals surface area contributed by atoms with Gasteiger partial charge in [0.2, 0.25) is 5.82 Å². The number of aromatic nitrogens is 5. The molecule has 1 amide bonds. The first-order valence-corrected chi connectivity index (χ1v) is 7.48. The van der Waals surface area contributed by atoms with Crippen LogP contribution in [0.2, 0.25) is 0 Å². The van der Waals surface area contributed by atoms with E-state index >= 15 is 0 Å². The van der Waals surface area contributed by atoms with Crippen molar-refractivity contribution in [2.24, 2.45) is 0 Å². The summed E-state index contributed by atoms with van der Waals surface area (Å²) in [5.41, 5.74) is 1.90. The standard InChI is InChI=1S/C17H12N6O2/c24-16(18-12-7-3-1-4-8-12)17-19-15(21-25-17)14-11-23(22-20-14)13-9-5-2-6-10-13/h1-11H,(H,18,24). The van der Waals surface area contributed by atoms with Crippen molar-refractivity contribution in [2.45, 2.75) is 0 Å². The average Bonchev–Trinajstić information content (AvgIpc) is 3.33. The molecule has 2 heterocycles. The molecule has 2 aromatic carbocycles. The fourth-order valence-corrected chi connectivity index (χ4v) is 2.20. The second-order valence-electron chi connectivity index (χ2n) is 5.13. The molecule has 8 heteroatoms. The number of nitrogens with zero attached hydrogens (tertiary/aromatic N) is 5. The van der Waals surface area contributed by atoms with E-state index in [4.69, 9.17) is 4.52 Å². The third-order valence-electron chi connectivity index (χ3n) is 3.40. The van der Waals surface area contributed by atoms with Gasteiger partial charge < -0.3 is 9.84 Å². The van der Waals surface area contributed by atoms with Gasteiger partial charge in [-0.15, -0.1) is 5.10 Å². The number of hydrogen-bond acceptors (Lipinski definition) is 6. The number of anilines is 1. The van der Waals surface area contributed by atoms with E-state index in [1.165, 1.54) is 0 Å². The predicted octanol–water partition coefficient (Wildman–Crippen LogP) is 2.57. The van der Waals surface area contributed by atoms with Gasteiger partial charge in [0.25, 0.3) is 0 Å². The molecule has 0 aliphatic heterocycles. The molecule has 0 radical (unpaired) electrons. The van der Waals surface area contributed by atoms with Crippen molar-refractivity contribution in [1.82, 2.24) is 25.1 Å². The fourth-order valence-electron chi connectivity index (χ4n) is 2.20. The van der Waals surface area contributed by atoms with Gasteiger partial charge in [0.15, 0.2) is 5.69 Å². The van der Waals surface area contributed by atoms with Gasteiger partial charge in [0.05, 0.1) is 11.9 Å². The second-order valence-corrected chi connectivity index (χ2v) is 5.13. The lowest BCUT2D eigenvalue weighted by Gasteiger charge is -1.99. The summed E-state index contributed by atoms with van der Waals surface area (Å²) < 4.78 is 6.61. The molecule has 25 heavy (non-hydrogen) atoms. The summed E-state index contributed by atoms with van der Waals surface area (Å²) >= 11 is 0. The van der Waals surface area contributed by atoms with Crippen LogP contribution in [0.25, 0.3) is 17.2 Å². The number of para-hydroxylation sites is 2. The van der Waals surface area contributed by atoms with Crippen molar-refractivity contribution in [1.29, 1.82) is 0 Å². The highest BCUT2D eigenvalue weighted by atomic mass is 16.5. The number of rotatable bonds is 4. The molecule has 0 aliphatic carbocycles. The maximum Gasteiger partial charge on any atom is 0.316 e. The molecule has 4 aromatic rings. The van der Waals surface area contributed by atoms with E-state index in [9.17, 15) is 4.79 Å². The lowest BCUT2D eigenvalue weighted by molar-refractivity contribution is 0.0981. The summed E-state index contributed by atoms with van der Waals surface area (Å²) in [5.74, 6) is -0.436. The van der Waals surface area contributed by atoms with Crippen molar-refractivity contribution in [3.8, 4) is 17.2 Å². The molecule has 0 fully saturated rings. The van der Waals surface area contributed by atoms with Crippen LogP contribution in [0.5, 0.6) is 0 Å². The molecule has 0 saturated carbocycles. The highest BCUT2D eigenvalue weighted by Crippen LogP contribution is 2.15. The van der Waals surface area contributed by atoms with Crippen molar-refractivity contribution < 1.29 is 9.32 Å². The Morgan fingerprint density at radius 3 is 2.48 bits per heavy atom. The van der Waals surface area contributed by atoms with Gasteiger partial charge in [0.1, 0.15) is 0 Å². The molecule has 0 bridgehead atoms. The highest BCUT2D eigenvalue weighted by Gasteiger charge is 2.18. The van der Waals surface area contributed by atoms with Crippen LogP contribution in [-0.2, 0) is 0 Å². The lowest BCUT2D eigenvalue weighted by atomic mass is 10.3. The lowest BCUT2D eigenvalue weighted by Crippen LogP contribution is -2.12. The third kappa shape index (κ3) is 3.13. The Morgan fingerprint density at radius 1 is 1.00 bits per heavy atom. The normalized spacial score (nSPS) is 10.6. The minimum absolute atomic E-state index is 0.145. The minimum atomic E-state index is -0.486. The summed E-state index contributed by atoms with van der Waals surface area (Å²) in [6.07, 6.45) is 1.67. The molecule has 0 unspecified atom stereocenters. The van der Waals surface area contributed by atoms with Gasteiger partial charge >= 0.3 is 11.8 Å². The number of hydrogen-bond donors (Lipinski definition) is 1. The van der Waals surface area contributed by atoms with E-state index in [0.717, 1.165) is 5.69 Å². The van der Waals surface area contributed by atoms with E-state index in [-0.39, 0.29) is 11.7 Å². The molecule has 0 spiro atoms. The van der Waals surface area contributed by atoms with E-state index < -0.39 is 5.91 Å². The Balaban J connectivity index is 1.53. The Kier molecular flexibility index (Phi) is 3.76. The predicted molar refractivity (Wildman–Crippen MR) is 89.0 cm³/mol. The van der Waals surface area contributed by atoms with Crippen LogP contribution in [0.3, 0.4) is 0 Å². The SMILES string of the molecule is O=C(Nc1ccccc1)c1nc(-c2cn(-c3ccccc3)nn2)no1. The molecule has 2 aromatic heterocycles. The van der Waals surface area contributed by atoms with E-state index in [1.54, 1.807) is 23.0 Å². The fraction of sp³-hybridized carbons (Fsp3) is 0. The molecule has 0 atom stereocenters. The molecule has 1 N–H and O–H groups in total. The monoisotopic (exact) mass is 332 g/mol. The number of carbonyl (C=O) groups excluding carboxylic acids is 1. The van der Waals surface area contributed by atoms with Crippen LogP contribution in [0, 0.1) is 0 Å². The topological polar surface area (TPSA) is 98.7 Å². The summed E-state index contributed by atoms with van der Waals surface area (Å²) in [6, 6.07) is 18.5. The van der Waals surface area contributed by atoms with Crippen LogP contribution in [0.4, 0.5) is 5.69 Å². The quantitative estimate of drug-likeness (QED) is 0.616. The molecule has 4 rings (SSSR count). The summed E-state index contributed by atoms with van der Waals surface area (Å²) in [7, 11) is 0. The van der Waals surface area contributed by atoms with Gasteiger partial charge in [-0.05, 0) is 24.3 Å². The molecular formula is C17H12N6O2. The Labute approximate surface area is 142 Å².